The first-order valence-electron chi connectivity index (χ1n) is 8.37. The summed E-state index contributed by atoms with van der Waals surface area (Å²) < 4.78 is 1.80. The molecule has 0 bridgehead atoms. The van der Waals surface area contributed by atoms with E-state index in [1.165, 1.54) is 0 Å². The number of carbonyl (C=O) groups excluding carboxylic acids is 1. The summed E-state index contributed by atoms with van der Waals surface area (Å²) in [6, 6.07) is 9.54. The third kappa shape index (κ3) is 4.14. The zero-order chi connectivity index (χ0) is 17.5. The van der Waals surface area contributed by atoms with Gasteiger partial charge in [0.1, 0.15) is 5.69 Å². The van der Waals surface area contributed by atoms with Crippen LogP contribution in [0.2, 0.25) is 0 Å². The van der Waals surface area contributed by atoms with Crippen molar-refractivity contribution in [3.63, 3.8) is 0 Å². The fourth-order valence-electron chi connectivity index (χ4n) is 2.69. The molecule has 130 valence electrons. The Labute approximate surface area is 143 Å². The molecular weight excluding hydrogens is 304 g/mol. The van der Waals surface area contributed by atoms with E-state index in [0.29, 0.717) is 12.2 Å². The van der Waals surface area contributed by atoms with Crippen molar-refractivity contribution in [3.8, 4) is 0 Å². The molecule has 6 nitrogen and oxygen atoms in total. The minimum atomic E-state index is -0.157. The van der Waals surface area contributed by atoms with Gasteiger partial charge < -0.3 is 15.3 Å². The second-order valence-electron chi connectivity index (χ2n) is 5.78. The standard InChI is InChI=1S/C18H26N4O2/c1-4-15(5-2)22-17(10-11-19-22)18(24)20-14-6-8-16(9-7-14)21(3)12-13-23/h6-11,15,23H,4-5,12-13H2,1-3H3,(H,20,24). The SMILES string of the molecule is CCC(CC)n1nccc1C(=O)Nc1ccc(N(C)CCO)cc1. The average Bonchev–Trinajstić information content (AvgIpc) is 3.06. The maximum absolute atomic E-state index is 12.5. The van der Waals surface area contributed by atoms with E-state index in [1.807, 2.05) is 36.2 Å². The second-order valence-corrected chi connectivity index (χ2v) is 5.78. The van der Waals surface area contributed by atoms with Crippen LogP contribution in [-0.2, 0) is 0 Å². The molecule has 0 spiro atoms. The highest BCUT2D eigenvalue weighted by molar-refractivity contribution is 6.03. The van der Waals surface area contributed by atoms with E-state index in [1.54, 1.807) is 16.9 Å². The molecule has 0 aliphatic carbocycles. The highest BCUT2D eigenvalue weighted by Gasteiger charge is 2.17. The number of nitrogens with zero attached hydrogens (tertiary/aromatic N) is 3. The molecule has 1 aromatic carbocycles. The summed E-state index contributed by atoms with van der Waals surface area (Å²) in [5.41, 5.74) is 2.30. The number of hydrogen-bond acceptors (Lipinski definition) is 4. The molecule has 0 unspecified atom stereocenters. The van der Waals surface area contributed by atoms with Gasteiger partial charge in [0, 0.05) is 31.2 Å². The molecule has 0 aliphatic rings. The van der Waals surface area contributed by atoms with Crippen molar-refractivity contribution in [3.05, 3.63) is 42.2 Å². The highest BCUT2D eigenvalue weighted by atomic mass is 16.3. The first-order chi connectivity index (χ1) is 11.6. The molecule has 0 fully saturated rings. The number of aliphatic hydroxyl groups is 1. The summed E-state index contributed by atoms with van der Waals surface area (Å²) in [6.45, 7) is 4.87. The van der Waals surface area contributed by atoms with Crippen LogP contribution in [0.4, 0.5) is 11.4 Å². The Morgan fingerprint density at radius 2 is 1.92 bits per heavy atom. The number of carbonyl (C=O) groups is 1. The predicted octanol–water partition coefficient (Wildman–Crippen LogP) is 2.93. The third-order valence-electron chi connectivity index (χ3n) is 4.19. The van der Waals surface area contributed by atoms with Crippen LogP contribution in [0.5, 0.6) is 0 Å². The van der Waals surface area contributed by atoms with Crippen LogP contribution in [0.3, 0.4) is 0 Å². The van der Waals surface area contributed by atoms with Gasteiger partial charge in [-0.3, -0.25) is 9.48 Å². The molecule has 2 rings (SSSR count). The Balaban J connectivity index is 2.09. The summed E-state index contributed by atoms with van der Waals surface area (Å²) in [5, 5.41) is 16.2. The Morgan fingerprint density at radius 3 is 2.50 bits per heavy atom. The number of hydrogen-bond donors (Lipinski definition) is 2. The van der Waals surface area contributed by atoms with E-state index >= 15 is 0 Å². The highest BCUT2D eigenvalue weighted by Crippen LogP contribution is 2.20. The molecule has 24 heavy (non-hydrogen) atoms. The van der Waals surface area contributed by atoms with E-state index in [-0.39, 0.29) is 18.6 Å². The lowest BCUT2D eigenvalue weighted by molar-refractivity contribution is 0.101. The number of rotatable bonds is 8. The lowest BCUT2D eigenvalue weighted by atomic mass is 10.1. The number of anilines is 2. The monoisotopic (exact) mass is 330 g/mol. The molecule has 6 heteroatoms. The molecule has 2 N–H and O–H groups in total. The summed E-state index contributed by atoms with van der Waals surface area (Å²) in [6.07, 6.45) is 3.54. The van der Waals surface area contributed by atoms with Gasteiger partial charge in [-0.1, -0.05) is 13.8 Å². The largest absolute Gasteiger partial charge is 0.395 e. The number of aliphatic hydroxyl groups excluding tert-OH is 1. The Bertz CT molecular complexity index is 647. The van der Waals surface area contributed by atoms with Crippen molar-refractivity contribution in [2.24, 2.45) is 0 Å². The third-order valence-corrected chi connectivity index (χ3v) is 4.19. The molecule has 1 aromatic heterocycles. The van der Waals surface area contributed by atoms with Crippen LogP contribution in [0.1, 0.15) is 43.2 Å². The number of nitrogens with one attached hydrogen (secondary N) is 1. The Hall–Kier alpha value is -2.34. The summed E-state index contributed by atoms with van der Waals surface area (Å²) in [7, 11) is 1.91. The minimum absolute atomic E-state index is 0.106. The van der Waals surface area contributed by atoms with Crippen molar-refractivity contribution in [2.45, 2.75) is 32.7 Å². The molecule has 2 aromatic rings. The van der Waals surface area contributed by atoms with Gasteiger partial charge >= 0.3 is 0 Å². The lowest BCUT2D eigenvalue weighted by Gasteiger charge is -2.18. The summed E-state index contributed by atoms with van der Waals surface area (Å²) in [5.74, 6) is -0.157. The smallest absolute Gasteiger partial charge is 0.273 e. The molecule has 1 amide bonds. The van der Waals surface area contributed by atoms with Crippen molar-refractivity contribution < 1.29 is 9.90 Å². The van der Waals surface area contributed by atoms with E-state index in [0.717, 1.165) is 24.2 Å². The van der Waals surface area contributed by atoms with Crippen LogP contribution in [0, 0.1) is 0 Å². The molecule has 0 radical (unpaired) electrons. The first-order valence-corrected chi connectivity index (χ1v) is 8.37. The van der Waals surface area contributed by atoms with Crippen molar-refractivity contribution in [1.29, 1.82) is 0 Å². The fourth-order valence-corrected chi connectivity index (χ4v) is 2.69. The van der Waals surface area contributed by atoms with Gasteiger partial charge in [0.25, 0.3) is 5.91 Å². The van der Waals surface area contributed by atoms with Crippen molar-refractivity contribution in [2.75, 3.05) is 30.4 Å². The number of likely N-dealkylation sites (N-methyl/N-ethyl adjacent to an activating group) is 1. The fraction of sp³-hybridized carbons (Fsp3) is 0.444. The van der Waals surface area contributed by atoms with E-state index in [4.69, 9.17) is 5.11 Å². The molecule has 0 atom stereocenters. The van der Waals surface area contributed by atoms with Gasteiger partial charge in [0.15, 0.2) is 0 Å². The molecule has 0 saturated carbocycles. The van der Waals surface area contributed by atoms with E-state index in [9.17, 15) is 4.79 Å². The zero-order valence-electron chi connectivity index (χ0n) is 14.6. The van der Waals surface area contributed by atoms with Crippen molar-refractivity contribution >= 4 is 17.3 Å². The van der Waals surface area contributed by atoms with Gasteiger partial charge in [-0.15, -0.1) is 0 Å². The quantitative estimate of drug-likeness (QED) is 0.781. The van der Waals surface area contributed by atoms with Crippen LogP contribution in [0.15, 0.2) is 36.5 Å². The van der Waals surface area contributed by atoms with Crippen LogP contribution in [-0.4, -0.2) is 41.0 Å². The van der Waals surface area contributed by atoms with Crippen LogP contribution in [0.25, 0.3) is 0 Å². The van der Waals surface area contributed by atoms with Crippen LogP contribution >= 0.6 is 0 Å². The topological polar surface area (TPSA) is 70.4 Å². The van der Waals surface area contributed by atoms with E-state index in [2.05, 4.69) is 24.3 Å². The van der Waals surface area contributed by atoms with Crippen molar-refractivity contribution in [1.82, 2.24) is 9.78 Å². The predicted molar refractivity (Wildman–Crippen MR) is 96.6 cm³/mol. The van der Waals surface area contributed by atoms with Gasteiger partial charge in [-0.05, 0) is 43.2 Å². The zero-order valence-corrected chi connectivity index (χ0v) is 14.6. The number of amides is 1. The van der Waals surface area contributed by atoms with Crippen LogP contribution < -0.4 is 10.2 Å². The number of benzene rings is 1. The minimum Gasteiger partial charge on any atom is -0.395 e. The molecule has 0 aliphatic heterocycles. The molecule has 0 saturated heterocycles. The molecule has 1 heterocycles. The Morgan fingerprint density at radius 1 is 1.25 bits per heavy atom. The maximum Gasteiger partial charge on any atom is 0.273 e. The lowest BCUT2D eigenvalue weighted by Crippen LogP contribution is -2.22. The summed E-state index contributed by atoms with van der Waals surface area (Å²) in [4.78, 5) is 14.5. The maximum atomic E-state index is 12.5. The Kier molecular flexibility index (Phi) is 6.37. The van der Waals surface area contributed by atoms with Gasteiger partial charge in [0.05, 0.1) is 12.6 Å². The van der Waals surface area contributed by atoms with Gasteiger partial charge in [-0.25, -0.2) is 0 Å². The van der Waals surface area contributed by atoms with Gasteiger partial charge in [0.2, 0.25) is 0 Å². The molecular formula is C18H26N4O2. The van der Waals surface area contributed by atoms with E-state index < -0.39 is 0 Å². The second kappa shape index (κ2) is 8.49. The summed E-state index contributed by atoms with van der Waals surface area (Å²) >= 11 is 0. The number of aromatic nitrogens is 2. The first kappa shape index (κ1) is 18.0. The average molecular weight is 330 g/mol. The normalized spacial score (nSPS) is 10.9. The van der Waals surface area contributed by atoms with Gasteiger partial charge in [-0.2, -0.15) is 5.10 Å².